The normalized spacial score (nSPS) is 11.1. The second-order valence-electron chi connectivity index (χ2n) is 3.47. The fourth-order valence-electron chi connectivity index (χ4n) is 1.47. The van der Waals surface area contributed by atoms with Crippen molar-refractivity contribution in [3.05, 3.63) is 29.1 Å². The van der Waals surface area contributed by atoms with Crippen molar-refractivity contribution in [1.82, 2.24) is 0 Å². The summed E-state index contributed by atoms with van der Waals surface area (Å²) in [5, 5.41) is 0.409. The largest absolute Gasteiger partial charge is 1.00 e. The topological polar surface area (TPSA) is 26.3 Å². The maximum Gasteiger partial charge on any atom is 1.00 e. The third-order valence-electron chi connectivity index (χ3n) is 2.30. The Hall–Kier alpha value is 0.141. The SMILES string of the molecule is COC(=O)c1cc2cc([B-](F)(F)F)ccc2s1.[K+]. The van der Waals surface area contributed by atoms with Gasteiger partial charge in [-0.05, 0) is 17.5 Å². The van der Waals surface area contributed by atoms with E-state index in [1.54, 1.807) is 0 Å². The summed E-state index contributed by atoms with van der Waals surface area (Å²) >= 11 is 1.11. The number of carbonyl (C=O) groups is 1. The van der Waals surface area contributed by atoms with Gasteiger partial charge in [-0.25, -0.2) is 4.79 Å². The van der Waals surface area contributed by atoms with Crippen molar-refractivity contribution in [2.24, 2.45) is 0 Å². The van der Waals surface area contributed by atoms with Crippen LogP contribution in [0.3, 0.4) is 0 Å². The molecule has 0 unspecified atom stereocenters. The smallest absolute Gasteiger partial charge is 0.465 e. The summed E-state index contributed by atoms with van der Waals surface area (Å²) in [6.07, 6.45) is 0. The first-order chi connectivity index (χ1) is 7.91. The van der Waals surface area contributed by atoms with Crippen molar-refractivity contribution < 1.29 is 73.9 Å². The standard InChI is InChI=1S/C10H7BF3O2S.K/c1-16-10(15)9-5-6-4-7(11(12,13)14)2-3-8(6)17-9;/h2-5H,1H3;/q-1;+1. The van der Waals surface area contributed by atoms with Gasteiger partial charge in [0.05, 0.1) is 7.11 Å². The number of hydrogen-bond donors (Lipinski definition) is 0. The molecule has 2 aromatic rings. The van der Waals surface area contributed by atoms with Crippen LogP contribution in [0.1, 0.15) is 9.67 Å². The molecule has 0 saturated carbocycles. The first-order valence-corrected chi connectivity index (χ1v) is 5.55. The Labute approximate surface area is 148 Å². The van der Waals surface area contributed by atoms with Crippen LogP contribution in [0.15, 0.2) is 24.3 Å². The van der Waals surface area contributed by atoms with E-state index in [0.29, 0.717) is 15.0 Å². The molecule has 18 heavy (non-hydrogen) atoms. The molecule has 90 valence electrons. The van der Waals surface area contributed by atoms with Gasteiger partial charge < -0.3 is 17.7 Å². The fraction of sp³-hybridized carbons (Fsp3) is 0.100. The average molecular weight is 298 g/mol. The van der Waals surface area contributed by atoms with Gasteiger partial charge >= 0.3 is 64.3 Å². The zero-order valence-electron chi connectivity index (χ0n) is 9.75. The first-order valence-electron chi connectivity index (χ1n) is 4.73. The van der Waals surface area contributed by atoms with Gasteiger partial charge in [-0.15, -0.1) is 16.8 Å². The molecule has 1 heterocycles. The molecule has 0 aliphatic heterocycles. The quantitative estimate of drug-likeness (QED) is 0.564. The van der Waals surface area contributed by atoms with Gasteiger partial charge in [0.1, 0.15) is 4.88 Å². The molecule has 0 aliphatic carbocycles. The number of thiophene rings is 1. The molecular formula is C10H7BF3KO2S. The van der Waals surface area contributed by atoms with Crippen LogP contribution >= 0.6 is 11.3 Å². The number of rotatable bonds is 2. The second kappa shape index (κ2) is 6.06. The van der Waals surface area contributed by atoms with Gasteiger partial charge in [-0.3, -0.25) is 0 Å². The number of fused-ring (bicyclic) bond motifs is 1. The van der Waals surface area contributed by atoms with E-state index in [2.05, 4.69) is 4.74 Å². The van der Waals surface area contributed by atoms with E-state index >= 15 is 0 Å². The van der Waals surface area contributed by atoms with Crippen LogP contribution in [0, 0.1) is 0 Å². The van der Waals surface area contributed by atoms with E-state index in [0.717, 1.165) is 23.5 Å². The molecular weight excluding hydrogens is 291 g/mol. The van der Waals surface area contributed by atoms with Gasteiger partial charge in [0, 0.05) is 4.70 Å². The predicted octanol–water partition coefficient (Wildman–Crippen LogP) is -0.254. The van der Waals surface area contributed by atoms with Gasteiger partial charge in [0.15, 0.2) is 0 Å². The predicted molar refractivity (Wildman–Crippen MR) is 61.9 cm³/mol. The van der Waals surface area contributed by atoms with Gasteiger partial charge in [-0.1, -0.05) is 12.1 Å². The fourth-order valence-corrected chi connectivity index (χ4v) is 2.43. The van der Waals surface area contributed by atoms with Crippen LogP contribution in [-0.4, -0.2) is 20.1 Å². The maximum atomic E-state index is 12.5. The third-order valence-corrected chi connectivity index (χ3v) is 3.40. The average Bonchev–Trinajstić information content (AvgIpc) is 2.69. The first kappa shape index (κ1) is 16.2. The van der Waals surface area contributed by atoms with E-state index in [-0.39, 0.29) is 51.4 Å². The number of hydrogen-bond acceptors (Lipinski definition) is 3. The number of methoxy groups -OCH3 is 1. The summed E-state index contributed by atoms with van der Waals surface area (Å²) in [4.78, 5) is 11.5. The zero-order chi connectivity index (χ0) is 12.6. The van der Waals surface area contributed by atoms with Crippen molar-refractivity contribution in [3.63, 3.8) is 0 Å². The Kier molecular flexibility index (Phi) is 5.46. The molecule has 0 atom stereocenters. The number of halogens is 3. The summed E-state index contributed by atoms with van der Waals surface area (Å²) < 4.78 is 42.7. The van der Waals surface area contributed by atoms with Gasteiger partial charge in [0.25, 0.3) is 0 Å². The molecule has 1 aromatic carbocycles. The maximum absolute atomic E-state index is 12.5. The number of esters is 1. The Bertz CT molecular complexity index is 582. The van der Waals surface area contributed by atoms with Crippen molar-refractivity contribution in [2.45, 2.75) is 0 Å². The summed E-state index contributed by atoms with van der Waals surface area (Å²) in [7, 11) is 1.23. The second-order valence-corrected chi connectivity index (χ2v) is 4.56. The summed E-state index contributed by atoms with van der Waals surface area (Å²) in [6, 6.07) is 4.87. The van der Waals surface area contributed by atoms with E-state index in [1.165, 1.54) is 19.2 Å². The molecule has 0 spiro atoms. The Morgan fingerprint density at radius 3 is 2.50 bits per heavy atom. The molecule has 2 nitrogen and oxygen atoms in total. The van der Waals surface area contributed by atoms with Crippen LogP contribution in [0.5, 0.6) is 0 Å². The molecule has 0 amide bonds. The minimum Gasteiger partial charge on any atom is -0.465 e. The van der Waals surface area contributed by atoms with Crippen LogP contribution in [0.4, 0.5) is 12.9 Å². The minimum absolute atomic E-state index is 0. The Balaban J connectivity index is 0.00000162. The molecule has 8 heteroatoms. The van der Waals surface area contributed by atoms with Crippen LogP contribution in [-0.2, 0) is 4.74 Å². The van der Waals surface area contributed by atoms with E-state index in [1.807, 2.05) is 0 Å². The molecule has 0 saturated heterocycles. The summed E-state index contributed by atoms with van der Waals surface area (Å²) in [5.41, 5.74) is -0.660. The summed E-state index contributed by atoms with van der Waals surface area (Å²) in [5.74, 6) is -0.537. The van der Waals surface area contributed by atoms with Crippen LogP contribution in [0.2, 0.25) is 0 Å². The Morgan fingerprint density at radius 2 is 1.94 bits per heavy atom. The van der Waals surface area contributed by atoms with E-state index in [9.17, 15) is 17.7 Å². The van der Waals surface area contributed by atoms with Crippen molar-refractivity contribution in [3.8, 4) is 0 Å². The molecule has 2 rings (SSSR count). The molecule has 1 aromatic heterocycles. The van der Waals surface area contributed by atoms with Gasteiger partial charge in [0.2, 0.25) is 0 Å². The monoisotopic (exact) mass is 298 g/mol. The molecule has 0 bridgehead atoms. The van der Waals surface area contributed by atoms with E-state index < -0.39 is 18.4 Å². The number of carbonyl (C=O) groups excluding carboxylic acids is 1. The van der Waals surface area contributed by atoms with E-state index in [4.69, 9.17) is 0 Å². The minimum atomic E-state index is -5.01. The third kappa shape index (κ3) is 3.37. The number of ether oxygens (including phenoxy) is 1. The van der Waals surface area contributed by atoms with Crippen LogP contribution in [0.25, 0.3) is 10.1 Å². The zero-order valence-corrected chi connectivity index (χ0v) is 13.7. The number of benzene rings is 1. The molecule has 0 aliphatic rings. The van der Waals surface area contributed by atoms with Crippen molar-refractivity contribution in [2.75, 3.05) is 7.11 Å². The van der Waals surface area contributed by atoms with Crippen molar-refractivity contribution >= 4 is 39.8 Å². The Morgan fingerprint density at radius 1 is 1.28 bits per heavy atom. The molecule has 0 N–H and O–H groups in total. The molecule has 0 radical (unpaired) electrons. The molecule has 0 fully saturated rings. The van der Waals surface area contributed by atoms with Crippen LogP contribution < -0.4 is 56.8 Å². The van der Waals surface area contributed by atoms with Crippen molar-refractivity contribution in [1.29, 1.82) is 0 Å². The van der Waals surface area contributed by atoms with Gasteiger partial charge in [-0.2, -0.15) is 0 Å². The summed E-state index contributed by atoms with van der Waals surface area (Å²) in [6.45, 7) is -5.01.